The molecular weight excluding hydrogens is 218 g/mol. The van der Waals surface area contributed by atoms with Crippen molar-refractivity contribution in [2.75, 3.05) is 0 Å². The first-order valence-corrected chi connectivity index (χ1v) is 6.00. The summed E-state index contributed by atoms with van der Waals surface area (Å²) in [6.45, 7) is 0. The van der Waals surface area contributed by atoms with E-state index >= 15 is 0 Å². The van der Waals surface area contributed by atoms with E-state index in [-0.39, 0.29) is 0 Å². The summed E-state index contributed by atoms with van der Waals surface area (Å²) >= 11 is 0. The van der Waals surface area contributed by atoms with Gasteiger partial charge in [-0.05, 0) is 40.6 Å². The van der Waals surface area contributed by atoms with Gasteiger partial charge in [0.05, 0.1) is 5.69 Å². The lowest BCUT2D eigenvalue weighted by Gasteiger charge is -1.99. The fraction of sp³-hybridized carbons (Fsp3) is 0. The zero-order valence-corrected chi connectivity index (χ0v) is 9.95. The van der Waals surface area contributed by atoms with Crippen LogP contribution in [0.1, 0.15) is 11.3 Å². The summed E-state index contributed by atoms with van der Waals surface area (Å²) in [5.41, 5.74) is 2.17. The molecule has 0 N–H and O–H groups in total. The van der Waals surface area contributed by atoms with Crippen LogP contribution in [-0.2, 0) is 0 Å². The Morgan fingerprint density at radius 2 is 1.56 bits per heavy atom. The highest BCUT2D eigenvalue weighted by Crippen LogP contribution is 2.17. The second kappa shape index (κ2) is 4.84. The standard InChI is InChI=1S/C17H13N/c1-2-6-16-13-14(8-10-15(16)5-1)9-11-17-7-3-4-12-18-17/h1-13H/b11-9+. The van der Waals surface area contributed by atoms with Crippen molar-refractivity contribution in [3.63, 3.8) is 0 Å². The summed E-state index contributed by atoms with van der Waals surface area (Å²) in [7, 11) is 0. The average Bonchev–Trinajstić information content (AvgIpc) is 2.46. The Bertz CT molecular complexity index is 684. The van der Waals surface area contributed by atoms with E-state index < -0.39 is 0 Å². The number of benzene rings is 2. The van der Waals surface area contributed by atoms with Crippen LogP contribution in [0, 0.1) is 0 Å². The molecule has 1 heterocycles. The van der Waals surface area contributed by atoms with Crippen molar-refractivity contribution in [3.8, 4) is 0 Å². The van der Waals surface area contributed by atoms with Crippen molar-refractivity contribution < 1.29 is 0 Å². The lowest BCUT2D eigenvalue weighted by atomic mass is 10.1. The van der Waals surface area contributed by atoms with E-state index in [4.69, 9.17) is 0 Å². The second-order valence-corrected chi connectivity index (χ2v) is 4.19. The third kappa shape index (κ3) is 2.30. The van der Waals surface area contributed by atoms with Crippen molar-refractivity contribution in [1.82, 2.24) is 4.98 Å². The molecule has 0 spiro atoms. The molecule has 0 atom stereocenters. The van der Waals surface area contributed by atoms with E-state index in [2.05, 4.69) is 53.5 Å². The Balaban J connectivity index is 1.93. The van der Waals surface area contributed by atoms with Crippen LogP contribution < -0.4 is 0 Å². The predicted molar refractivity (Wildman–Crippen MR) is 77.1 cm³/mol. The maximum Gasteiger partial charge on any atom is 0.0629 e. The van der Waals surface area contributed by atoms with Crippen LogP contribution in [-0.4, -0.2) is 4.98 Å². The minimum Gasteiger partial charge on any atom is -0.257 e. The van der Waals surface area contributed by atoms with Crippen LogP contribution in [0.15, 0.2) is 66.9 Å². The van der Waals surface area contributed by atoms with Gasteiger partial charge >= 0.3 is 0 Å². The van der Waals surface area contributed by atoms with Crippen LogP contribution in [0.5, 0.6) is 0 Å². The van der Waals surface area contributed by atoms with Gasteiger partial charge in [-0.2, -0.15) is 0 Å². The molecule has 86 valence electrons. The first kappa shape index (κ1) is 10.7. The quantitative estimate of drug-likeness (QED) is 0.636. The van der Waals surface area contributed by atoms with Crippen LogP contribution in [0.3, 0.4) is 0 Å². The fourth-order valence-corrected chi connectivity index (χ4v) is 1.97. The molecule has 0 unspecified atom stereocenters. The van der Waals surface area contributed by atoms with Gasteiger partial charge in [0.1, 0.15) is 0 Å². The van der Waals surface area contributed by atoms with Crippen molar-refractivity contribution in [2.45, 2.75) is 0 Å². The zero-order chi connectivity index (χ0) is 12.2. The van der Waals surface area contributed by atoms with E-state index in [0.717, 1.165) is 5.69 Å². The molecule has 3 rings (SSSR count). The number of rotatable bonds is 2. The van der Waals surface area contributed by atoms with Crippen molar-refractivity contribution in [1.29, 1.82) is 0 Å². The van der Waals surface area contributed by atoms with Crippen LogP contribution in [0.2, 0.25) is 0 Å². The first-order chi connectivity index (χ1) is 8.92. The van der Waals surface area contributed by atoms with Crippen LogP contribution >= 0.6 is 0 Å². The minimum absolute atomic E-state index is 0.977. The lowest BCUT2D eigenvalue weighted by molar-refractivity contribution is 1.30. The maximum absolute atomic E-state index is 4.27. The van der Waals surface area contributed by atoms with Crippen molar-refractivity contribution >= 4 is 22.9 Å². The van der Waals surface area contributed by atoms with Crippen molar-refractivity contribution in [3.05, 3.63) is 78.1 Å². The second-order valence-electron chi connectivity index (χ2n) is 4.19. The molecule has 1 nitrogen and oxygen atoms in total. The number of hydrogen-bond acceptors (Lipinski definition) is 1. The number of pyridine rings is 1. The van der Waals surface area contributed by atoms with Gasteiger partial charge in [-0.3, -0.25) is 4.98 Å². The maximum atomic E-state index is 4.27. The van der Waals surface area contributed by atoms with E-state index in [1.807, 2.05) is 24.3 Å². The lowest BCUT2D eigenvalue weighted by Crippen LogP contribution is -1.78. The number of aromatic nitrogens is 1. The van der Waals surface area contributed by atoms with Gasteiger partial charge in [-0.25, -0.2) is 0 Å². The van der Waals surface area contributed by atoms with Crippen LogP contribution in [0.4, 0.5) is 0 Å². The molecule has 0 aliphatic heterocycles. The molecule has 0 bridgehead atoms. The largest absolute Gasteiger partial charge is 0.257 e. The van der Waals surface area contributed by atoms with E-state index in [1.165, 1.54) is 16.3 Å². The molecule has 0 saturated carbocycles. The number of fused-ring (bicyclic) bond motifs is 1. The zero-order valence-electron chi connectivity index (χ0n) is 9.95. The molecule has 18 heavy (non-hydrogen) atoms. The topological polar surface area (TPSA) is 12.9 Å². The molecule has 2 aromatic carbocycles. The fourth-order valence-electron chi connectivity index (χ4n) is 1.97. The summed E-state index contributed by atoms with van der Waals surface area (Å²) in [6.07, 6.45) is 5.93. The Hall–Kier alpha value is -2.41. The smallest absolute Gasteiger partial charge is 0.0629 e. The van der Waals surface area contributed by atoms with Gasteiger partial charge in [0.25, 0.3) is 0 Å². The Kier molecular flexibility index (Phi) is 2.89. The Morgan fingerprint density at radius 1 is 0.722 bits per heavy atom. The minimum atomic E-state index is 0.977. The SMILES string of the molecule is C(=C\c1ccccn1)/c1ccc2ccccc2c1. The molecule has 0 radical (unpaired) electrons. The third-order valence-electron chi connectivity index (χ3n) is 2.91. The highest BCUT2D eigenvalue weighted by Gasteiger charge is 1.93. The number of nitrogens with zero attached hydrogens (tertiary/aromatic N) is 1. The first-order valence-electron chi connectivity index (χ1n) is 6.00. The molecular formula is C17H13N. The number of hydrogen-bond donors (Lipinski definition) is 0. The monoisotopic (exact) mass is 231 g/mol. The van der Waals surface area contributed by atoms with Gasteiger partial charge in [-0.1, -0.05) is 48.5 Å². The third-order valence-corrected chi connectivity index (χ3v) is 2.91. The highest BCUT2D eigenvalue weighted by molar-refractivity contribution is 5.85. The van der Waals surface area contributed by atoms with Gasteiger partial charge in [0.15, 0.2) is 0 Å². The molecule has 1 aromatic heterocycles. The molecule has 0 saturated heterocycles. The van der Waals surface area contributed by atoms with E-state index in [9.17, 15) is 0 Å². The summed E-state index contributed by atoms with van der Waals surface area (Å²) < 4.78 is 0. The van der Waals surface area contributed by atoms with Gasteiger partial charge in [0, 0.05) is 6.20 Å². The van der Waals surface area contributed by atoms with E-state index in [0.29, 0.717) is 0 Å². The van der Waals surface area contributed by atoms with Gasteiger partial charge in [0.2, 0.25) is 0 Å². The molecule has 0 aliphatic rings. The summed E-state index contributed by atoms with van der Waals surface area (Å²) in [4.78, 5) is 4.27. The predicted octanol–water partition coefficient (Wildman–Crippen LogP) is 4.41. The molecule has 3 aromatic rings. The van der Waals surface area contributed by atoms with Gasteiger partial charge in [-0.15, -0.1) is 0 Å². The van der Waals surface area contributed by atoms with Crippen LogP contribution in [0.25, 0.3) is 22.9 Å². The molecule has 1 heteroatoms. The summed E-state index contributed by atoms with van der Waals surface area (Å²) in [5, 5.41) is 2.54. The van der Waals surface area contributed by atoms with Gasteiger partial charge < -0.3 is 0 Å². The van der Waals surface area contributed by atoms with Crippen molar-refractivity contribution in [2.24, 2.45) is 0 Å². The summed E-state index contributed by atoms with van der Waals surface area (Å²) in [5.74, 6) is 0. The highest BCUT2D eigenvalue weighted by atomic mass is 14.6. The normalized spacial score (nSPS) is 11.1. The summed E-state index contributed by atoms with van der Waals surface area (Å²) in [6, 6.07) is 20.8. The Morgan fingerprint density at radius 3 is 2.39 bits per heavy atom. The molecule has 0 fully saturated rings. The average molecular weight is 231 g/mol. The van der Waals surface area contributed by atoms with E-state index in [1.54, 1.807) is 6.20 Å². The molecule has 0 amide bonds. The molecule has 0 aliphatic carbocycles. The Labute approximate surface area is 106 Å².